The van der Waals surface area contributed by atoms with Gasteiger partial charge < -0.3 is 0 Å². The Morgan fingerprint density at radius 2 is 0.968 bits per heavy atom. The Morgan fingerprint density at radius 1 is 0.355 bits per heavy atom. The first-order valence-electron chi connectivity index (χ1n) is 21.3. The van der Waals surface area contributed by atoms with Crippen LogP contribution in [0.15, 0.2) is 206 Å². The van der Waals surface area contributed by atoms with E-state index in [1.165, 1.54) is 64.3 Å². The molecule has 0 N–H and O–H groups in total. The Kier molecular flexibility index (Phi) is 8.41. The van der Waals surface area contributed by atoms with Crippen LogP contribution in [0.5, 0.6) is 0 Å². The number of hydrogen-bond donors (Lipinski definition) is 0. The molecule has 0 saturated heterocycles. The Bertz CT molecular complexity index is 3560. The standard InChI is InChI=1S/C59H40N2S/c1-59(2)51-24-12-10-22-49(51)57-48(23-14-25-52(57)59)45-19-8-9-20-46(45)54-36-53(60-58(61-54)38-16-4-3-5-17-38)44-33-42(40-28-27-37-15-6-7-18-39(37)31-40)32-43(34-44)41-29-30-56-50(35-41)47-21-11-13-26-55(47)62-56/h3-36H,1-2H3. The van der Waals surface area contributed by atoms with Crippen molar-refractivity contribution in [2.75, 3.05) is 0 Å². The second-order valence-electron chi connectivity index (χ2n) is 16.9. The first-order valence-corrected chi connectivity index (χ1v) is 22.1. The molecule has 0 amide bonds. The van der Waals surface area contributed by atoms with Crippen molar-refractivity contribution in [2.24, 2.45) is 0 Å². The summed E-state index contributed by atoms with van der Waals surface area (Å²) < 4.78 is 2.60. The highest BCUT2D eigenvalue weighted by Gasteiger charge is 2.36. The molecule has 0 spiro atoms. The van der Waals surface area contributed by atoms with Crippen molar-refractivity contribution < 1.29 is 0 Å². The van der Waals surface area contributed by atoms with E-state index >= 15 is 0 Å². The molecule has 0 radical (unpaired) electrons. The number of thiophene rings is 1. The first-order chi connectivity index (χ1) is 30.5. The van der Waals surface area contributed by atoms with Crippen LogP contribution >= 0.6 is 11.3 Å². The van der Waals surface area contributed by atoms with Gasteiger partial charge in [-0.3, -0.25) is 0 Å². The molecule has 0 aliphatic heterocycles. The summed E-state index contributed by atoms with van der Waals surface area (Å²) in [5.74, 6) is 0.696. The summed E-state index contributed by atoms with van der Waals surface area (Å²) in [5.41, 5.74) is 17.1. The van der Waals surface area contributed by atoms with E-state index < -0.39 is 0 Å². The van der Waals surface area contributed by atoms with Crippen LogP contribution in [0.4, 0.5) is 0 Å². The van der Waals surface area contributed by atoms with Crippen molar-refractivity contribution in [3.8, 4) is 78.4 Å². The molecule has 292 valence electrons. The maximum Gasteiger partial charge on any atom is 0.160 e. The van der Waals surface area contributed by atoms with E-state index in [0.29, 0.717) is 5.82 Å². The van der Waals surface area contributed by atoms with Crippen molar-refractivity contribution in [2.45, 2.75) is 19.3 Å². The SMILES string of the molecule is CC1(C)c2ccccc2-c2c(-c3ccccc3-c3cc(-c4cc(-c5ccc6ccccc6c5)cc(-c5ccc6sc7ccccc7c6c5)c4)nc(-c4ccccc4)n3)cccc21. The van der Waals surface area contributed by atoms with Gasteiger partial charge in [0.1, 0.15) is 0 Å². The van der Waals surface area contributed by atoms with Gasteiger partial charge >= 0.3 is 0 Å². The van der Waals surface area contributed by atoms with E-state index in [1.54, 1.807) is 0 Å². The lowest BCUT2D eigenvalue weighted by molar-refractivity contribution is 0.660. The van der Waals surface area contributed by atoms with Gasteiger partial charge in [-0.05, 0) is 115 Å². The van der Waals surface area contributed by atoms with Crippen molar-refractivity contribution in [3.63, 3.8) is 0 Å². The number of benzene rings is 9. The summed E-state index contributed by atoms with van der Waals surface area (Å²) in [6, 6.07) is 75.0. The molecule has 2 heterocycles. The Balaban J connectivity index is 1.08. The minimum atomic E-state index is -0.103. The Morgan fingerprint density at radius 3 is 1.82 bits per heavy atom. The van der Waals surface area contributed by atoms with Gasteiger partial charge in [0, 0.05) is 42.3 Å². The lowest BCUT2D eigenvalue weighted by atomic mass is 9.81. The molecule has 12 rings (SSSR count). The summed E-state index contributed by atoms with van der Waals surface area (Å²) in [6.07, 6.45) is 0. The van der Waals surface area contributed by atoms with Crippen molar-refractivity contribution in [1.82, 2.24) is 9.97 Å². The Labute approximate surface area is 365 Å². The zero-order chi connectivity index (χ0) is 41.4. The number of fused-ring (bicyclic) bond motifs is 7. The van der Waals surface area contributed by atoms with E-state index in [1.807, 2.05) is 17.4 Å². The lowest BCUT2D eigenvalue weighted by Gasteiger charge is -2.22. The third-order valence-electron chi connectivity index (χ3n) is 12.9. The van der Waals surface area contributed by atoms with Crippen LogP contribution in [0, 0.1) is 0 Å². The van der Waals surface area contributed by atoms with Crippen LogP contribution in [0.3, 0.4) is 0 Å². The van der Waals surface area contributed by atoms with E-state index in [-0.39, 0.29) is 5.41 Å². The normalized spacial score (nSPS) is 12.8. The summed E-state index contributed by atoms with van der Waals surface area (Å²) in [6.45, 7) is 4.69. The second kappa shape index (κ2) is 14.3. The summed E-state index contributed by atoms with van der Waals surface area (Å²) in [4.78, 5) is 10.8. The van der Waals surface area contributed by atoms with Gasteiger partial charge in [0.25, 0.3) is 0 Å². The fraction of sp³-hybridized carbons (Fsp3) is 0.0508. The van der Waals surface area contributed by atoms with Gasteiger partial charge in [0.05, 0.1) is 11.4 Å². The largest absolute Gasteiger partial charge is 0.228 e. The van der Waals surface area contributed by atoms with E-state index in [2.05, 4.69) is 214 Å². The zero-order valence-electron chi connectivity index (χ0n) is 34.4. The molecule has 1 aliphatic carbocycles. The highest BCUT2D eigenvalue weighted by molar-refractivity contribution is 7.25. The van der Waals surface area contributed by atoms with Gasteiger partial charge in [0.2, 0.25) is 0 Å². The summed E-state index contributed by atoms with van der Waals surface area (Å²) in [5, 5.41) is 5.02. The zero-order valence-corrected chi connectivity index (χ0v) is 35.2. The van der Waals surface area contributed by atoms with Crippen LogP contribution in [0.2, 0.25) is 0 Å². The first kappa shape index (κ1) is 36.4. The van der Waals surface area contributed by atoms with Gasteiger partial charge in [-0.25, -0.2) is 9.97 Å². The van der Waals surface area contributed by atoms with Crippen LogP contribution in [-0.2, 0) is 5.41 Å². The molecule has 2 aromatic heterocycles. The summed E-state index contributed by atoms with van der Waals surface area (Å²) in [7, 11) is 0. The molecule has 3 heteroatoms. The monoisotopic (exact) mass is 808 g/mol. The van der Waals surface area contributed by atoms with Crippen molar-refractivity contribution in [3.05, 3.63) is 217 Å². The van der Waals surface area contributed by atoms with E-state index in [0.717, 1.165) is 50.3 Å². The molecular formula is C59H40N2S. The topological polar surface area (TPSA) is 25.8 Å². The molecule has 0 atom stereocenters. The molecule has 0 bridgehead atoms. The number of aromatic nitrogens is 2. The molecular weight excluding hydrogens is 769 g/mol. The fourth-order valence-corrected chi connectivity index (χ4v) is 10.8. The quantitative estimate of drug-likeness (QED) is 0.167. The number of nitrogens with zero attached hydrogens (tertiary/aromatic N) is 2. The highest BCUT2D eigenvalue weighted by Crippen LogP contribution is 2.53. The Hall–Kier alpha value is -7.46. The van der Waals surface area contributed by atoms with E-state index in [4.69, 9.17) is 9.97 Å². The van der Waals surface area contributed by atoms with Crippen LogP contribution < -0.4 is 0 Å². The minimum Gasteiger partial charge on any atom is -0.228 e. The lowest BCUT2D eigenvalue weighted by Crippen LogP contribution is -2.14. The average Bonchev–Trinajstić information content (AvgIpc) is 3.82. The van der Waals surface area contributed by atoms with Gasteiger partial charge in [-0.1, -0.05) is 172 Å². The van der Waals surface area contributed by atoms with E-state index in [9.17, 15) is 0 Å². The molecule has 62 heavy (non-hydrogen) atoms. The summed E-state index contributed by atoms with van der Waals surface area (Å²) >= 11 is 1.85. The average molecular weight is 809 g/mol. The molecule has 0 saturated carbocycles. The number of hydrogen-bond acceptors (Lipinski definition) is 3. The van der Waals surface area contributed by atoms with Crippen molar-refractivity contribution >= 4 is 42.3 Å². The number of rotatable bonds is 6. The molecule has 1 aliphatic rings. The minimum absolute atomic E-state index is 0.103. The predicted octanol–water partition coefficient (Wildman–Crippen LogP) is 16.3. The van der Waals surface area contributed by atoms with Gasteiger partial charge in [-0.2, -0.15) is 0 Å². The smallest absolute Gasteiger partial charge is 0.160 e. The van der Waals surface area contributed by atoms with Crippen LogP contribution in [0.1, 0.15) is 25.0 Å². The molecule has 2 nitrogen and oxygen atoms in total. The van der Waals surface area contributed by atoms with Crippen molar-refractivity contribution in [1.29, 1.82) is 0 Å². The molecule has 9 aromatic carbocycles. The third kappa shape index (κ3) is 6.00. The van der Waals surface area contributed by atoms with Crippen LogP contribution in [0.25, 0.3) is 109 Å². The maximum absolute atomic E-state index is 5.40. The van der Waals surface area contributed by atoms with Gasteiger partial charge in [0.15, 0.2) is 5.82 Å². The predicted molar refractivity (Wildman–Crippen MR) is 263 cm³/mol. The molecule has 0 fully saturated rings. The molecule has 11 aromatic rings. The second-order valence-corrected chi connectivity index (χ2v) is 18.0. The molecule has 0 unspecified atom stereocenters. The highest BCUT2D eigenvalue weighted by atomic mass is 32.1. The maximum atomic E-state index is 5.40. The van der Waals surface area contributed by atoms with Gasteiger partial charge in [-0.15, -0.1) is 11.3 Å². The van der Waals surface area contributed by atoms with Crippen LogP contribution in [-0.4, -0.2) is 9.97 Å². The fourth-order valence-electron chi connectivity index (χ4n) is 9.75. The third-order valence-corrected chi connectivity index (χ3v) is 14.0.